The van der Waals surface area contributed by atoms with Gasteiger partial charge in [-0.2, -0.15) is 0 Å². The summed E-state index contributed by atoms with van der Waals surface area (Å²) in [6.07, 6.45) is 5.82. The highest BCUT2D eigenvalue weighted by Gasteiger charge is 2.33. The molecule has 1 fully saturated rings. The Balaban J connectivity index is 2.56. The SMILES string of the molecule is CCC1CCCC(C(=O)C(C)(C)N)C1. The zero-order chi connectivity index (χ0) is 10.8. The van der Waals surface area contributed by atoms with E-state index in [1.165, 1.54) is 19.3 Å². The lowest BCUT2D eigenvalue weighted by Gasteiger charge is -2.31. The molecule has 0 heterocycles. The van der Waals surface area contributed by atoms with Crippen molar-refractivity contribution in [3.8, 4) is 0 Å². The first-order valence-corrected chi connectivity index (χ1v) is 5.78. The second-order valence-electron chi connectivity index (χ2n) is 5.22. The molecule has 82 valence electrons. The molecule has 1 saturated carbocycles. The first-order chi connectivity index (χ1) is 6.45. The minimum Gasteiger partial charge on any atom is -0.319 e. The molecule has 0 bridgehead atoms. The fraction of sp³-hybridized carbons (Fsp3) is 0.917. The van der Waals surface area contributed by atoms with Crippen LogP contribution in [0.5, 0.6) is 0 Å². The lowest BCUT2D eigenvalue weighted by Crippen LogP contribution is -2.46. The van der Waals surface area contributed by atoms with Crippen molar-refractivity contribution >= 4 is 5.78 Å². The van der Waals surface area contributed by atoms with Gasteiger partial charge in [0.15, 0.2) is 5.78 Å². The number of hydrogen-bond acceptors (Lipinski definition) is 2. The summed E-state index contributed by atoms with van der Waals surface area (Å²) in [5.41, 5.74) is 5.21. The van der Waals surface area contributed by atoms with Crippen LogP contribution in [0.4, 0.5) is 0 Å². The van der Waals surface area contributed by atoms with Crippen LogP contribution in [0.2, 0.25) is 0 Å². The summed E-state index contributed by atoms with van der Waals surface area (Å²) in [6.45, 7) is 5.86. The second kappa shape index (κ2) is 4.43. The number of carbonyl (C=O) groups is 1. The highest BCUT2D eigenvalue weighted by atomic mass is 16.1. The van der Waals surface area contributed by atoms with Crippen LogP contribution in [0.3, 0.4) is 0 Å². The Morgan fingerprint density at radius 2 is 2.07 bits per heavy atom. The third-order valence-corrected chi connectivity index (χ3v) is 3.37. The molecule has 2 atom stereocenters. The van der Waals surface area contributed by atoms with Gasteiger partial charge < -0.3 is 5.73 Å². The van der Waals surface area contributed by atoms with E-state index in [9.17, 15) is 4.79 Å². The van der Waals surface area contributed by atoms with Gasteiger partial charge in [-0.1, -0.05) is 26.2 Å². The van der Waals surface area contributed by atoms with Gasteiger partial charge in [0.25, 0.3) is 0 Å². The number of Topliss-reactive ketones (excluding diaryl/α,β-unsaturated/α-hetero) is 1. The van der Waals surface area contributed by atoms with Crippen molar-refractivity contribution in [1.82, 2.24) is 0 Å². The molecule has 0 aromatic rings. The molecule has 14 heavy (non-hydrogen) atoms. The standard InChI is InChI=1S/C12H23NO/c1-4-9-6-5-7-10(8-9)11(14)12(2,3)13/h9-10H,4-8,13H2,1-3H3. The van der Waals surface area contributed by atoms with Crippen LogP contribution in [-0.4, -0.2) is 11.3 Å². The Labute approximate surface area is 87.2 Å². The fourth-order valence-corrected chi connectivity index (χ4v) is 2.43. The van der Waals surface area contributed by atoms with Crippen LogP contribution in [0.1, 0.15) is 52.9 Å². The lowest BCUT2D eigenvalue weighted by atomic mass is 9.75. The molecule has 0 spiro atoms. The Morgan fingerprint density at radius 1 is 1.43 bits per heavy atom. The number of carbonyl (C=O) groups excluding carboxylic acids is 1. The van der Waals surface area contributed by atoms with Crippen LogP contribution in [0, 0.1) is 11.8 Å². The second-order valence-corrected chi connectivity index (χ2v) is 5.22. The molecule has 2 N–H and O–H groups in total. The van der Waals surface area contributed by atoms with Crippen LogP contribution < -0.4 is 5.73 Å². The van der Waals surface area contributed by atoms with Gasteiger partial charge in [-0.25, -0.2) is 0 Å². The molecule has 0 aromatic carbocycles. The van der Waals surface area contributed by atoms with Gasteiger partial charge in [0.1, 0.15) is 0 Å². The average Bonchev–Trinajstić information content (AvgIpc) is 2.15. The van der Waals surface area contributed by atoms with Crippen molar-refractivity contribution < 1.29 is 4.79 Å². The topological polar surface area (TPSA) is 43.1 Å². The van der Waals surface area contributed by atoms with Gasteiger partial charge in [0, 0.05) is 5.92 Å². The van der Waals surface area contributed by atoms with Gasteiger partial charge in [-0.05, 0) is 32.6 Å². The van der Waals surface area contributed by atoms with Gasteiger partial charge in [0.2, 0.25) is 0 Å². The minimum absolute atomic E-state index is 0.230. The molecular weight excluding hydrogens is 174 g/mol. The largest absolute Gasteiger partial charge is 0.319 e. The van der Waals surface area contributed by atoms with E-state index in [0.717, 1.165) is 18.8 Å². The molecule has 1 aliphatic carbocycles. The maximum atomic E-state index is 12.0. The molecule has 2 nitrogen and oxygen atoms in total. The van der Waals surface area contributed by atoms with Crippen LogP contribution >= 0.6 is 0 Å². The predicted octanol–water partition coefficient (Wildman–Crippen LogP) is 2.51. The highest BCUT2D eigenvalue weighted by molar-refractivity contribution is 5.89. The van der Waals surface area contributed by atoms with Gasteiger partial charge in [-0.15, -0.1) is 0 Å². The summed E-state index contributed by atoms with van der Waals surface area (Å²) in [5, 5.41) is 0. The quantitative estimate of drug-likeness (QED) is 0.755. The van der Waals surface area contributed by atoms with E-state index in [2.05, 4.69) is 6.92 Å². The number of nitrogens with two attached hydrogens (primary N) is 1. The first kappa shape index (κ1) is 11.7. The Morgan fingerprint density at radius 3 is 2.57 bits per heavy atom. The molecule has 2 heteroatoms. The molecule has 1 aliphatic rings. The molecule has 1 rings (SSSR count). The summed E-state index contributed by atoms with van der Waals surface area (Å²) in [5.74, 6) is 1.24. The maximum absolute atomic E-state index is 12.0. The summed E-state index contributed by atoms with van der Waals surface area (Å²) in [4.78, 5) is 12.0. The first-order valence-electron chi connectivity index (χ1n) is 5.78. The summed E-state index contributed by atoms with van der Waals surface area (Å²) < 4.78 is 0. The van der Waals surface area contributed by atoms with Crippen molar-refractivity contribution in [3.63, 3.8) is 0 Å². The fourth-order valence-electron chi connectivity index (χ4n) is 2.43. The molecule has 2 unspecified atom stereocenters. The number of ketones is 1. The van der Waals surface area contributed by atoms with E-state index in [1.54, 1.807) is 0 Å². The van der Waals surface area contributed by atoms with Gasteiger partial charge >= 0.3 is 0 Å². The van der Waals surface area contributed by atoms with E-state index < -0.39 is 5.54 Å². The molecule has 0 amide bonds. The lowest BCUT2D eigenvalue weighted by molar-refractivity contribution is -0.128. The van der Waals surface area contributed by atoms with Gasteiger partial charge in [0.05, 0.1) is 5.54 Å². The van der Waals surface area contributed by atoms with Crippen LogP contribution in [0.15, 0.2) is 0 Å². The van der Waals surface area contributed by atoms with Crippen molar-refractivity contribution in [2.45, 2.75) is 58.4 Å². The molecule has 0 aromatic heterocycles. The Bertz CT molecular complexity index is 205. The summed E-state index contributed by atoms with van der Waals surface area (Å²) in [6, 6.07) is 0. The predicted molar refractivity (Wildman–Crippen MR) is 59.0 cm³/mol. The smallest absolute Gasteiger partial charge is 0.155 e. The minimum atomic E-state index is -0.639. The molecular formula is C12H23NO. The average molecular weight is 197 g/mol. The molecule has 0 aliphatic heterocycles. The van der Waals surface area contributed by atoms with E-state index >= 15 is 0 Å². The maximum Gasteiger partial charge on any atom is 0.155 e. The highest BCUT2D eigenvalue weighted by Crippen LogP contribution is 2.33. The van der Waals surface area contributed by atoms with Gasteiger partial charge in [-0.3, -0.25) is 4.79 Å². The van der Waals surface area contributed by atoms with E-state index in [0.29, 0.717) is 0 Å². The van der Waals surface area contributed by atoms with Crippen molar-refractivity contribution in [2.75, 3.05) is 0 Å². The van der Waals surface area contributed by atoms with Crippen LogP contribution in [-0.2, 0) is 4.79 Å². The zero-order valence-corrected chi connectivity index (χ0v) is 9.68. The summed E-state index contributed by atoms with van der Waals surface area (Å²) >= 11 is 0. The normalized spacial score (nSPS) is 28.9. The molecule has 0 saturated heterocycles. The van der Waals surface area contributed by atoms with Crippen LogP contribution in [0.25, 0.3) is 0 Å². The van der Waals surface area contributed by atoms with E-state index in [-0.39, 0.29) is 11.7 Å². The van der Waals surface area contributed by atoms with E-state index in [1.807, 2.05) is 13.8 Å². The monoisotopic (exact) mass is 197 g/mol. The van der Waals surface area contributed by atoms with Crippen molar-refractivity contribution in [2.24, 2.45) is 17.6 Å². The van der Waals surface area contributed by atoms with E-state index in [4.69, 9.17) is 5.73 Å². The van der Waals surface area contributed by atoms with Crippen molar-refractivity contribution in [3.05, 3.63) is 0 Å². The third-order valence-electron chi connectivity index (χ3n) is 3.37. The zero-order valence-electron chi connectivity index (χ0n) is 9.68. The summed E-state index contributed by atoms with van der Waals surface area (Å²) in [7, 11) is 0. The Kier molecular flexibility index (Phi) is 3.71. The number of rotatable bonds is 3. The number of hydrogen-bond donors (Lipinski definition) is 1. The Hall–Kier alpha value is -0.370. The van der Waals surface area contributed by atoms with Crippen molar-refractivity contribution in [1.29, 1.82) is 0 Å². The third kappa shape index (κ3) is 2.81. The molecule has 0 radical (unpaired) electrons.